The summed E-state index contributed by atoms with van der Waals surface area (Å²) in [7, 11) is 0. The minimum Gasteiger partial charge on any atom is -0.484 e. The number of carbonyl (C=O) groups is 2. The second-order valence-corrected chi connectivity index (χ2v) is 4.90. The van der Waals surface area contributed by atoms with E-state index in [1.54, 1.807) is 24.3 Å². The van der Waals surface area contributed by atoms with Crippen LogP contribution in [0.25, 0.3) is 11.0 Å². The van der Waals surface area contributed by atoms with Gasteiger partial charge in [0.2, 0.25) is 0 Å². The van der Waals surface area contributed by atoms with Gasteiger partial charge in [0.15, 0.2) is 12.4 Å². The first kappa shape index (κ1) is 15.5. The van der Waals surface area contributed by atoms with Gasteiger partial charge >= 0.3 is 5.91 Å². The molecule has 0 bridgehead atoms. The minimum absolute atomic E-state index is 0.0718. The molecule has 24 heavy (non-hydrogen) atoms. The lowest BCUT2D eigenvalue weighted by molar-refractivity contribution is -0.123. The zero-order chi connectivity index (χ0) is 16.9. The number of halogens is 1. The summed E-state index contributed by atoms with van der Waals surface area (Å²) in [6, 6.07) is 14.1. The molecule has 2 aromatic carbocycles. The number of furan rings is 1. The van der Waals surface area contributed by atoms with E-state index in [0.717, 1.165) is 11.5 Å². The number of benzene rings is 2. The van der Waals surface area contributed by atoms with Crippen molar-refractivity contribution in [3.8, 4) is 5.75 Å². The molecule has 7 heteroatoms. The number of hydrazine groups is 1. The summed E-state index contributed by atoms with van der Waals surface area (Å²) in [5.74, 6) is -1.36. The number of para-hydroxylation sites is 1. The lowest BCUT2D eigenvalue weighted by Gasteiger charge is -2.07. The van der Waals surface area contributed by atoms with Crippen LogP contribution in [0.3, 0.4) is 0 Å². The SMILES string of the molecule is O=C(COc1cccc(F)c1)NNC(=O)c1cc2ccccc2o1. The van der Waals surface area contributed by atoms with Gasteiger partial charge in [-0.25, -0.2) is 4.39 Å². The van der Waals surface area contributed by atoms with E-state index in [-0.39, 0.29) is 18.1 Å². The summed E-state index contributed by atoms with van der Waals surface area (Å²) in [4.78, 5) is 23.6. The Morgan fingerprint density at radius 1 is 1.04 bits per heavy atom. The average molecular weight is 328 g/mol. The van der Waals surface area contributed by atoms with Crippen LogP contribution < -0.4 is 15.6 Å². The molecule has 1 aromatic heterocycles. The molecule has 3 rings (SSSR count). The predicted molar refractivity (Wildman–Crippen MR) is 83.7 cm³/mol. The second-order valence-electron chi connectivity index (χ2n) is 4.90. The third kappa shape index (κ3) is 3.70. The highest BCUT2D eigenvalue weighted by atomic mass is 19.1. The Bertz CT molecular complexity index is 858. The van der Waals surface area contributed by atoms with Crippen LogP contribution in [0.2, 0.25) is 0 Å². The van der Waals surface area contributed by atoms with Crippen LogP contribution in [0.4, 0.5) is 4.39 Å². The maximum atomic E-state index is 13.0. The van der Waals surface area contributed by atoms with Crippen LogP contribution in [0.5, 0.6) is 5.75 Å². The smallest absolute Gasteiger partial charge is 0.305 e. The fourth-order valence-electron chi connectivity index (χ4n) is 2.02. The van der Waals surface area contributed by atoms with Gasteiger partial charge in [-0.2, -0.15) is 0 Å². The van der Waals surface area contributed by atoms with Crippen molar-refractivity contribution >= 4 is 22.8 Å². The van der Waals surface area contributed by atoms with Crippen molar-refractivity contribution in [3.05, 3.63) is 66.2 Å². The molecule has 0 unspecified atom stereocenters. The zero-order valence-corrected chi connectivity index (χ0v) is 12.4. The molecular weight excluding hydrogens is 315 g/mol. The van der Waals surface area contributed by atoms with Crippen molar-refractivity contribution in [2.45, 2.75) is 0 Å². The van der Waals surface area contributed by atoms with E-state index >= 15 is 0 Å². The van der Waals surface area contributed by atoms with Gasteiger partial charge in [0.1, 0.15) is 17.1 Å². The van der Waals surface area contributed by atoms with Gasteiger partial charge in [-0.1, -0.05) is 24.3 Å². The Labute approximate surface area is 136 Å². The standard InChI is InChI=1S/C17H13FN2O4/c18-12-5-3-6-13(9-12)23-10-16(21)19-20-17(22)15-8-11-4-1-2-7-14(11)24-15/h1-9H,10H2,(H,19,21)(H,20,22). The van der Waals surface area contributed by atoms with Gasteiger partial charge in [-0.05, 0) is 24.3 Å². The molecular formula is C17H13FN2O4. The molecule has 122 valence electrons. The first-order valence-corrected chi connectivity index (χ1v) is 7.08. The number of hydrogen-bond acceptors (Lipinski definition) is 4. The lowest BCUT2D eigenvalue weighted by atomic mass is 10.2. The van der Waals surface area contributed by atoms with Crippen molar-refractivity contribution < 1.29 is 23.1 Å². The second kappa shape index (κ2) is 6.82. The summed E-state index contributed by atoms with van der Waals surface area (Å²) in [5, 5.41) is 0.781. The number of hydrogen-bond donors (Lipinski definition) is 2. The minimum atomic E-state index is -0.594. The molecule has 0 aliphatic heterocycles. The first-order chi connectivity index (χ1) is 11.6. The summed E-state index contributed by atoms with van der Waals surface area (Å²) < 4.78 is 23.4. The summed E-state index contributed by atoms with van der Waals surface area (Å²) in [6.07, 6.45) is 0. The third-order valence-electron chi connectivity index (χ3n) is 3.13. The van der Waals surface area contributed by atoms with E-state index in [1.165, 1.54) is 18.2 Å². The van der Waals surface area contributed by atoms with Crippen LogP contribution in [0, 0.1) is 5.82 Å². The van der Waals surface area contributed by atoms with Crippen LogP contribution >= 0.6 is 0 Å². The van der Waals surface area contributed by atoms with E-state index in [9.17, 15) is 14.0 Å². The highest BCUT2D eigenvalue weighted by Crippen LogP contribution is 2.18. The van der Waals surface area contributed by atoms with Gasteiger partial charge in [0, 0.05) is 11.5 Å². The summed E-state index contributed by atoms with van der Waals surface area (Å²) in [5.41, 5.74) is 4.99. The van der Waals surface area contributed by atoms with E-state index in [4.69, 9.17) is 9.15 Å². The van der Waals surface area contributed by atoms with Crippen molar-refractivity contribution in [3.63, 3.8) is 0 Å². The Balaban J connectivity index is 1.51. The number of ether oxygens (including phenoxy) is 1. The Morgan fingerprint density at radius 2 is 1.88 bits per heavy atom. The molecule has 6 nitrogen and oxygen atoms in total. The van der Waals surface area contributed by atoms with E-state index < -0.39 is 17.6 Å². The van der Waals surface area contributed by atoms with Gasteiger partial charge in [0.25, 0.3) is 5.91 Å². The third-order valence-corrected chi connectivity index (χ3v) is 3.13. The van der Waals surface area contributed by atoms with Gasteiger partial charge in [-0.15, -0.1) is 0 Å². The molecule has 2 amide bonds. The Morgan fingerprint density at radius 3 is 2.67 bits per heavy atom. The van der Waals surface area contributed by atoms with Crippen LogP contribution in [-0.2, 0) is 4.79 Å². The first-order valence-electron chi connectivity index (χ1n) is 7.08. The van der Waals surface area contributed by atoms with Crippen molar-refractivity contribution in [2.75, 3.05) is 6.61 Å². The fourth-order valence-corrected chi connectivity index (χ4v) is 2.02. The maximum Gasteiger partial charge on any atom is 0.305 e. The molecule has 3 aromatic rings. The van der Waals surface area contributed by atoms with E-state index in [1.807, 2.05) is 6.07 Å². The van der Waals surface area contributed by atoms with E-state index in [2.05, 4.69) is 10.9 Å². The van der Waals surface area contributed by atoms with Gasteiger partial charge < -0.3 is 9.15 Å². The largest absolute Gasteiger partial charge is 0.484 e. The molecule has 0 aliphatic rings. The monoisotopic (exact) mass is 328 g/mol. The number of nitrogens with one attached hydrogen (secondary N) is 2. The number of amides is 2. The average Bonchev–Trinajstić information content (AvgIpc) is 3.02. The molecule has 0 spiro atoms. The molecule has 0 fully saturated rings. The zero-order valence-electron chi connectivity index (χ0n) is 12.4. The Kier molecular flexibility index (Phi) is 4.42. The molecule has 2 N–H and O–H groups in total. The Hall–Kier alpha value is -3.35. The number of rotatable bonds is 4. The van der Waals surface area contributed by atoms with Crippen LogP contribution in [0.15, 0.2) is 59.0 Å². The predicted octanol–water partition coefficient (Wildman–Crippen LogP) is 2.41. The fraction of sp³-hybridized carbons (Fsp3) is 0.0588. The summed E-state index contributed by atoms with van der Waals surface area (Å²) in [6.45, 7) is -0.371. The van der Waals surface area contributed by atoms with Gasteiger partial charge in [-0.3, -0.25) is 20.4 Å². The molecule has 0 saturated carbocycles. The maximum absolute atomic E-state index is 13.0. The van der Waals surface area contributed by atoms with Crippen LogP contribution in [0.1, 0.15) is 10.6 Å². The van der Waals surface area contributed by atoms with Crippen LogP contribution in [-0.4, -0.2) is 18.4 Å². The topological polar surface area (TPSA) is 80.6 Å². The number of carbonyl (C=O) groups excluding carboxylic acids is 2. The van der Waals surface area contributed by atoms with Crippen molar-refractivity contribution in [2.24, 2.45) is 0 Å². The van der Waals surface area contributed by atoms with E-state index in [0.29, 0.717) is 5.58 Å². The highest BCUT2D eigenvalue weighted by Gasteiger charge is 2.13. The highest BCUT2D eigenvalue weighted by molar-refractivity contribution is 5.97. The quantitative estimate of drug-likeness (QED) is 0.721. The molecule has 0 aliphatic carbocycles. The van der Waals surface area contributed by atoms with Crippen molar-refractivity contribution in [1.82, 2.24) is 10.9 Å². The van der Waals surface area contributed by atoms with Gasteiger partial charge in [0.05, 0.1) is 0 Å². The summed E-state index contributed by atoms with van der Waals surface area (Å²) >= 11 is 0. The molecule has 1 heterocycles. The van der Waals surface area contributed by atoms with Crippen molar-refractivity contribution in [1.29, 1.82) is 0 Å². The molecule has 0 saturated heterocycles. The normalized spacial score (nSPS) is 10.4. The molecule has 0 atom stereocenters. The molecule has 0 radical (unpaired) electrons. The lowest BCUT2D eigenvalue weighted by Crippen LogP contribution is -2.43. The number of fused-ring (bicyclic) bond motifs is 1.